The van der Waals surface area contributed by atoms with Crippen LogP contribution in [0.15, 0.2) is 30.3 Å². The molecule has 4 heteroatoms. The van der Waals surface area contributed by atoms with Crippen LogP contribution in [0.4, 0.5) is 0 Å². The van der Waals surface area contributed by atoms with Crippen molar-refractivity contribution in [2.75, 3.05) is 26.2 Å². The molecule has 2 rings (SSSR count). The standard InChI is InChI=1S/C19H30N2O2/c1-3-5-11-18(19(22)23-4-2)21-13-12-20-17(15-21)14-16-9-7-6-8-10-16/h6-10,17-18,20H,3-5,11-15H2,1-2H3/t17-,18+/m1/s1. The molecule has 4 nitrogen and oxygen atoms in total. The Morgan fingerprint density at radius 1 is 1.35 bits per heavy atom. The molecule has 0 radical (unpaired) electrons. The summed E-state index contributed by atoms with van der Waals surface area (Å²) in [5.41, 5.74) is 1.34. The lowest BCUT2D eigenvalue weighted by atomic mass is 10.0. The number of carbonyl (C=O) groups excluding carboxylic acids is 1. The van der Waals surface area contributed by atoms with Crippen LogP contribution in [0.3, 0.4) is 0 Å². The summed E-state index contributed by atoms with van der Waals surface area (Å²) < 4.78 is 5.31. The molecule has 0 aliphatic carbocycles. The fourth-order valence-electron chi connectivity index (χ4n) is 3.26. The molecule has 1 aliphatic heterocycles. The highest BCUT2D eigenvalue weighted by molar-refractivity contribution is 5.75. The van der Waals surface area contributed by atoms with Crippen molar-refractivity contribution in [3.05, 3.63) is 35.9 Å². The Hall–Kier alpha value is -1.39. The number of esters is 1. The van der Waals surface area contributed by atoms with Crippen molar-refractivity contribution >= 4 is 5.97 Å². The molecular formula is C19H30N2O2. The summed E-state index contributed by atoms with van der Waals surface area (Å²) in [4.78, 5) is 14.6. The summed E-state index contributed by atoms with van der Waals surface area (Å²) in [6.45, 7) is 7.25. The first kappa shape index (κ1) is 18.0. The molecule has 0 unspecified atom stereocenters. The van der Waals surface area contributed by atoms with Gasteiger partial charge in [-0.1, -0.05) is 50.1 Å². The maximum absolute atomic E-state index is 12.3. The number of nitrogens with zero attached hydrogens (tertiary/aromatic N) is 1. The van der Waals surface area contributed by atoms with E-state index >= 15 is 0 Å². The summed E-state index contributed by atoms with van der Waals surface area (Å²) in [6, 6.07) is 10.9. The van der Waals surface area contributed by atoms with Gasteiger partial charge >= 0.3 is 5.97 Å². The fourth-order valence-corrected chi connectivity index (χ4v) is 3.26. The van der Waals surface area contributed by atoms with E-state index in [0.717, 1.165) is 45.3 Å². The molecule has 0 spiro atoms. The summed E-state index contributed by atoms with van der Waals surface area (Å²) >= 11 is 0. The van der Waals surface area contributed by atoms with Gasteiger partial charge in [-0.05, 0) is 25.3 Å². The second kappa shape index (κ2) is 9.68. The fraction of sp³-hybridized carbons (Fsp3) is 0.632. The third kappa shape index (κ3) is 5.63. The molecule has 1 aromatic carbocycles. The van der Waals surface area contributed by atoms with Crippen molar-refractivity contribution in [1.82, 2.24) is 10.2 Å². The third-order valence-electron chi connectivity index (χ3n) is 4.44. The first-order chi connectivity index (χ1) is 11.2. The summed E-state index contributed by atoms with van der Waals surface area (Å²) in [5.74, 6) is -0.0543. The van der Waals surface area contributed by atoms with Gasteiger partial charge in [0.2, 0.25) is 0 Å². The zero-order chi connectivity index (χ0) is 16.5. The largest absolute Gasteiger partial charge is 0.465 e. The van der Waals surface area contributed by atoms with Gasteiger partial charge in [-0.25, -0.2) is 0 Å². The first-order valence-corrected chi connectivity index (χ1v) is 8.92. The molecule has 1 N–H and O–H groups in total. The lowest BCUT2D eigenvalue weighted by Gasteiger charge is -2.38. The highest BCUT2D eigenvalue weighted by Crippen LogP contribution is 2.15. The van der Waals surface area contributed by atoms with Crippen molar-refractivity contribution in [1.29, 1.82) is 0 Å². The van der Waals surface area contributed by atoms with Crippen molar-refractivity contribution in [3.8, 4) is 0 Å². The summed E-state index contributed by atoms with van der Waals surface area (Å²) in [6.07, 6.45) is 4.07. The Morgan fingerprint density at radius 3 is 2.83 bits per heavy atom. The van der Waals surface area contributed by atoms with Crippen molar-refractivity contribution < 1.29 is 9.53 Å². The zero-order valence-electron chi connectivity index (χ0n) is 14.5. The minimum absolute atomic E-state index is 0.0543. The molecule has 1 fully saturated rings. The van der Waals surface area contributed by atoms with E-state index < -0.39 is 0 Å². The monoisotopic (exact) mass is 318 g/mol. The maximum atomic E-state index is 12.3. The summed E-state index contributed by atoms with van der Waals surface area (Å²) in [7, 11) is 0. The highest BCUT2D eigenvalue weighted by Gasteiger charge is 2.30. The van der Waals surface area contributed by atoms with Gasteiger partial charge in [0.05, 0.1) is 6.61 Å². The highest BCUT2D eigenvalue weighted by atomic mass is 16.5. The first-order valence-electron chi connectivity index (χ1n) is 8.92. The second-order valence-electron chi connectivity index (χ2n) is 6.25. The molecule has 23 heavy (non-hydrogen) atoms. The van der Waals surface area contributed by atoms with E-state index in [2.05, 4.69) is 41.4 Å². The smallest absolute Gasteiger partial charge is 0.323 e. The Morgan fingerprint density at radius 2 is 2.13 bits per heavy atom. The minimum Gasteiger partial charge on any atom is -0.465 e. The number of nitrogens with one attached hydrogen (secondary N) is 1. The molecule has 1 saturated heterocycles. The topological polar surface area (TPSA) is 41.6 Å². The molecule has 2 atom stereocenters. The van der Waals surface area contributed by atoms with Crippen LogP contribution < -0.4 is 5.32 Å². The van der Waals surface area contributed by atoms with Gasteiger partial charge < -0.3 is 10.1 Å². The van der Waals surface area contributed by atoms with E-state index in [1.807, 2.05) is 13.0 Å². The van der Waals surface area contributed by atoms with Crippen LogP contribution >= 0.6 is 0 Å². The maximum Gasteiger partial charge on any atom is 0.323 e. The van der Waals surface area contributed by atoms with Crippen LogP contribution in [0.2, 0.25) is 0 Å². The Bertz CT molecular complexity index is 464. The predicted octanol–water partition coefficient (Wildman–Crippen LogP) is 2.62. The molecule has 0 amide bonds. The van der Waals surface area contributed by atoms with E-state index in [1.54, 1.807) is 0 Å². The van der Waals surface area contributed by atoms with Gasteiger partial charge in [0, 0.05) is 25.7 Å². The van der Waals surface area contributed by atoms with E-state index in [1.165, 1.54) is 5.56 Å². The van der Waals surface area contributed by atoms with Crippen molar-refractivity contribution in [2.45, 2.75) is 51.6 Å². The van der Waals surface area contributed by atoms with Gasteiger partial charge in [0.25, 0.3) is 0 Å². The van der Waals surface area contributed by atoms with Gasteiger partial charge in [-0.15, -0.1) is 0 Å². The SMILES string of the molecule is CCCC[C@@H](C(=O)OCC)N1CCN[C@H](Cc2ccccc2)C1. The molecule has 1 heterocycles. The van der Waals surface area contributed by atoms with Crippen LogP contribution in [0.5, 0.6) is 0 Å². The average Bonchev–Trinajstić information content (AvgIpc) is 2.57. The Balaban J connectivity index is 1.97. The van der Waals surface area contributed by atoms with Crippen LogP contribution in [-0.4, -0.2) is 49.2 Å². The average molecular weight is 318 g/mol. The predicted molar refractivity (Wildman–Crippen MR) is 93.5 cm³/mol. The molecule has 0 saturated carbocycles. The van der Waals surface area contributed by atoms with Crippen LogP contribution in [-0.2, 0) is 16.0 Å². The number of rotatable bonds is 8. The Kier molecular flexibility index (Phi) is 7.56. The van der Waals surface area contributed by atoms with Crippen LogP contribution in [0.25, 0.3) is 0 Å². The molecule has 0 aromatic heterocycles. The van der Waals surface area contributed by atoms with E-state index in [4.69, 9.17) is 4.74 Å². The van der Waals surface area contributed by atoms with Crippen LogP contribution in [0, 0.1) is 0 Å². The van der Waals surface area contributed by atoms with Gasteiger partial charge in [0.1, 0.15) is 6.04 Å². The molecule has 0 bridgehead atoms. The second-order valence-corrected chi connectivity index (χ2v) is 6.25. The van der Waals surface area contributed by atoms with Crippen LogP contribution in [0.1, 0.15) is 38.7 Å². The summed E-state index contributed by atoms with van der Waals surface area (Å²) in [5, 5.41) is 3.59. The van der Waals surface area contributed by atoms with Gasteiger partial charge in [-0.2, -0.15) is 0 Å². The molecule has 128 valence electrons. The zero-order valence-corrected chi connectivity index (χ0v) is 14.5. The molecule has 1 aliphatic rings. The number of ether oxygens (including phenoxy) is 1. The van der Waals surface area contributed by atoms with Gasteiger partial charge in [-0.3, -0.25) is 9.69 Å². The Labute approximate surface area is 140 Å². The number of carbonyl (C=O) groups is 1. The minimum atomic E-state index is -0.0877. The lowest BCUT2D eigenvalue weighted by Crippen LogP contribution is -2.56. The van der Waals surface area contributed by atoms with E-state index in [9.17, 15) is 4.79 Å². The van der Waals surface area contributed by atoms with E-state index in [0.29, 0.717) is 12.6 Å². The quantitative estimate of drug-likeness (QED) is 0.748. The lowest BCUT2D eigenvalue weighted by molar-refractivity contribution is -0.150. The number of hydrogen-bond donors (Lipinski definition) is 1. The normalized spacial score (nSPS) is 20.2. The van der Waals surface area contributed by atoms with Crippen molar-refractivity contribution in [3.63, 3.8) is 0 Å². The number of unbranched alkanes of at least 4 members (excludes halogenated alkanes) is 1. The van der Waals surface area contributed by atoms with E-state index in [-0.39, 0.29) is 12.0 Å². The number of hydrogen-bond acceptors (Lipinski definition) is 4. The molecule has 1 aromatic rings. The number of benzene rings is 1. The molecular weight excluding hydrogens is 288 g/mol. The number of piperazine rings is 1. The van der Waals surface area contributed by atoms with Crippen molar-refractivity contribution in [2.24, 2.45) is 0 Å². The van der Waals surface area contributed by atoms with Gasteiger partial charge in [0.15, 0.2) is 0 Å². The third-order valence-corrected chi connectivity index (χ3v) is 4.44.